The molecule has 0 saturated carbocycles. The molecule has 0 aliphatic heterocycles. The lowest BCUT2D eigenvalue weighted by Crippen LogP contribution is -2.41. The van der Waals surface area contributed by atoms with E-state index in [-0.39, 0.29) is 0 Å². The molecule has 0 bridgehead atoms. The summed E-state index contributed by atoms with van der Waals surface area (Å²) in [4.78, 5) is 0. The van der Waals surface area contributed by atoms with Crippen molar-refractivity contribution in [1.82, 2.24) is 4.48 Å². The lowest BCUT2D eigenvalue weighted by Gasteiger charge is -2.30. The summed E-state index contributed by atoms with van der Waals surface area (Å²) in [5.41, 5.74) is 2.97. The Morgan fingerprint density at radius 3 is 1.81 bits per heavy atom. The number of quaternary nitrogens is 1. The van der Waals surface area contributed by atoms with E-state index in [1.165, 1.54) is 94.7 Å². The van der Waals surface area contributed by atoms with Crippen molar-refractivity contribution in [2.24, 2.45) is 0 Å². The Kier molecular flexibility index (Phi) is 12.4. The maximum absolute atomic E-state index is 3.92. The van der Waals surface area contributed by atoms with Crippen molar-refractivity contribution in [3.63, 3.8) is 0 Å². The third-order valence-corrected chi connectivity index (χ3v) is 5.53. The first kappa shape index (κ1) is 23.0. The van der Waals surface area contributed by atoms with Crippen LogP contribution < -0.4 is 4.48 Å². The highest BCUT2D eigenvalue weighted by Crippen LogP contribution is 2.26. The molecule has 0 amide bonds. The van der Waals surface area contributed by atoms with Gasteiger partial charge in [0.25, 0.3) is 0 Å². The SMILES string of the molecule is C=CC[N+](C)(C)c1ccccc1CCCCCCCCCCCCCC. The van der Waals surface area contributed by atoms with Gasteiger partial charge in [-0.2, -0.15) is 0 Å². The highest BCUT2D eigenvalue weighted by atomic mass is 15.3. The fourth-order valence-corrected chi connectivity index (χ4v) is 3.89. The number of hydrogen-bond acceptors (Lipinski definition) is 0. The third-order valence-electron chi connectivity index (χ3n) is 5.53. The van der Waals surface area contributed by atoms with E-state index in [9.17, 15) is 0 Å². The van der Waals surface area contributed by atoms with Crippen molar-refractivity contribution in [3.05, 3.63) is 42.5 Å². The average molecular weight is 359 g/mol. The predicted molar refractivity (Wildman–Crippen MR) is 120 cm³/mol. The minimum Gasteiger partial charge on any atom is -0.292 e. The fraction of sp³-hybridized carbons (Fsp3) is 0.680. The zero-order valence-electron chi connectivity index (χ0n) is 17.9. The van der Waals surface area contributed by atoms with Gasteiger partial charge in [-0.25, -0.2) is 0 Å². The minimum atomic E-state index is 0.901. The Morgan fingerprint density at radius 2 is 1.27 bits per heavy atom. The summed E-state index contributed by atoms with van der Waals surface area (Å²) in [6, 6.07) is 8.97. The fourth-order valence-electron chi connectivity index (χ4n) is 3.89. The first-order valence-electron chi connectivity index (χ1n) is 11.1. The normalized spacial score (nSPS) is 11.7. The highest BCUT2D eigenvalue weighted by Gasteiger charge is 2.20. The topological polar surface area (TPSA) is 0 Å². The zero-order valence-corrected chi connectivity index (χ0v) is 17.9. The van der Waals surface area contributed by atoms with Gasteiger partial charge in [-0.1, -0.05) is 102 Å². The van der Waals surface area contributed by atoms with Gasteiger partial charge < -0.3 is 0 Å². The summed E-state index contributed by atoms with van der Waals surface area (Å²) in [5.74, 6) is 0. The minimum absolute atomic E-state index is 0.901. The van der Waals surface area contributed by atoms with E-state index in [0.29, 0.717) is 0 Å². The second kappa shape index (κ2) is 14.0. The molecule has 0 fully saturated rings. The van der Waals surface area contributed by atoms with Crippen molar-refractivity contribution in [3.8, 4) is 0 Å². The van der Waals surface area contributed by atoms with Gasteiger partial charge in [-0.05, 0) is 25.0 Å². The first-order chi connectivity index (χ1) is 12.6. The number of aryl methyl sites for hydroxylation is 1. The van der Waals surface area contributed by atoms with Crippen LogP contribution >= 0.6 is 0 Å². The molecule has 0 saturated heterocycles. The monoisotopic (exact) mass is 358 g/mol. The van der Waals surface area contributed by atoms with Crippen molar-refractivity contribution < 1.29 is 0 Å². The molecule has 1 aromatic rings. The van der Waals surface area contributed by atoms with Gasteiger partial charge in [-0.3, -0.25) is 4.48 Å². The number of rotatable bonds is 16. The van der Waals surface area contributed by atoms with Crippen LogP contribution in [-0.4, -0.2) is 20.6 Å². The molecule has 0 atom stereocenters. The molecule has 1 aromatic carbocycles. The summed E-state index contributed by atoms with van der Waals surface area (Å²) in [7, 11) is 4.56. The Bertz CT molecular complexity index is 475. The Balaban J connectivity index is 2.14. The van der Waals surface area contributed by atoms with E-state index < -0.39 is 0 Å². The molecule has 0 spiro atoms. The molecular weight excluding hydrogens is 314 g/mol. The van der Waals surface area contributed by atoms with Crippen LogP contribution in [0.5, 0.6) is 0 Å². The molecule has 0 unspecified atom stereocenters. The molecule has 0 radical (unpaired) electrons. The Morgan fingerprint density at radius 1 is 0.769 bits per heavy atom. The largest absolute Gasteiger partial charge is 0.292 e. The van der Waals surface area contributed by atoms with E-state index in [2.05, 4.69) is 51.9 Å². The third kappa shape index (κ3) is 9.57. The number of benzene rings is 1. The van der Waals surface area contributed by atoms with Crippen LogP contribution in [0.4, 0.5) is 5.69 Å². The van der Waals surface area contributed by atoms with Gasteiger partial charge in [-0.15, -0.1) is 0 Å². The number of hydrogen-bond donors (Lipinski definition) is 0. The molecule has 0 aliphatic carbocycles. The smallest absolute Gasteiger partial charge is 0.135 e. The molecule has 0 aromatic heterocycles. The van der Waals surface area contributed by atoms with E-state index in [4.69, 9.17) is 0 Å². The summed E-state index contributed by atoms with van der Waals surface area (Å²) in [6.07, 6.45) is 20.2. The van der Waals surface area contributed by atoms with Crippen molar-refractivity contribution in [2.75, 3.05) is 20.6 Å². The quantitative estimate of drug-likeness (QED) is 0.161. The Hall–Kier alpha value is -1.08. The maximum atomic E-state index is 3.92. The van der Waals surface area contributed by atoms with Crippen LogP contribution in [0.25, 0.3) is 0 Å². The van der Waals surface area contributed by atoms with Crippen molar-refractivity contribution in [2.45, 2.75) is 90.4 Å². The summed E-state index contributed by atoms with van der Waals surface area (Å²) < 4.78 is 0.901. The van der Waals surface area contributed by atoms with Gasteiger partial charge in [0.1, 0.15) is 12.2 Å². The molecule has 1 nitrogen and oxygen atoms in total. The molecule has 1 heteroatoms. The maximum Gasteiger partial charge on any atom is 0.135 e. The van der Waals surface area contributed by atoms with Crippen LogP contribution in [0.15, 0.2) is 36.9 Å². The summed E-state index contributed by atoms with van der Waals surface area (Å²) in [5, 5.41) is 0. The molecule has 148 valence electrons. The van der Waals surface area contributed by atoms with E-state index in [1.54, 1.807) is 0 Å². The van der Waals surface area contributed by atoms with E-state index in [0.717, 1.165) is 11.0 Å². The van der Waals surface area contributed by atoms with Crippen LogP contribution in [0.1, 0.15) is 89.5 Å². The lowest BCUT2D eigenvalue weighted by atomic mass is 10.0. The number of unbranched alkanes of at least 4 members (excludes halogenated alkanes) is 11. The molecule has 26 heavy (non-hydrogen) atoms. The molecule has 0 aliphatic rings. The highest BCUT2D eigenvalue weighted by molar-refractivity contribution is 5.50. The van der Waals surface area contributed by atoms with Gasteiger partial charge in [0, 0.05) is 5.56 Å². The second-order valence-electron chi connectivity index (χ2n) is 8.42. The number of para-hydroxylation sites is 1. The van der Waals surface area contributed by atoms with Gasteiger partial charge in [0.2, 0.25) is 0 Å². The summed E-state index contributed by atoms with van der Waals surface area (Å²) in [6.45, 7) is 7.19. The van der Waals surface area contributed by atoms with Crippen LogP contribution in [0.2, 0.25) is 0 Å². The second-order valence-corrected chi connectivity index (χ2v) is 8.42. The van der Waals surface area contributed by atoms with E-state index in [1.807, 2.05) is 6.08 Å². The average Bonchev–Trinajstić information content (AvgIpc) is 2.63. The standard InChI is InChI=1S/C25H44N/c1-5-7-8-9-10-11-12-13-14-15-16-17-20-24-21-18-19-22-25(24)26(3,4)23-6-2/h6,18-19,21-22H,2,5,7-17,20,23H2,1,3-4H3/q+1. The van der Waals surface area contributed by atoms with Gasteiger partial charge in [0.15, 0.2) is 0 Å². The van der Waals surface area contributed by atoms with Gasteiger partial charge >= 0.3 is 0 Å². The van der Waals surface area contributed by atoms with Crippen molar-refractivity contribution >= 4 is 5.69 Å². The molecule has 0 N–H and O–H groups in total. The predicted octanol–water partition coefficient (Wildman–Crippen LogP) is 7.68. The van der Waals surface area contributed by atoms with Crippen LogP contribution in [-0.2, 0) is 6.42 Å². The number of nitrogens with zero attached hydrogens (tertiary/aromatic N) is 1. The van der Waals surface area contributed by atoms with Crippen LogP contribution in [0.3, 0.4) is 0 Å². The first-order valence-corrected chi connectivity index (χ1v) is 11.1. The molecule has 1 rings (SSSR count). The van der Waals surface area contributed by atoms with E-state index >= 15 is 0 Å². The van der Waals surface area contributed by atoms with Gasteiger partial charge in [0.05, 0.1) is 14.1 Å². The van der Waals surface area contributed by atoms with Crippen molar-refractivity contribution in [1.29, 1.82) is 0 Å². The molecular formula is C25H44N+. The zero-order chi connectivity index (χ0) is 19.1. The number of likely N-dealkylation sites (N-methyl/N-ethyl adjacent to an activating group) is 1. The lowest BCUT2D eigenvalue weighted by molar-refractivity contribution is 0.437. The summed E-state index contributed by atoms with van der Waals surface area (Å²) >= 11 is 0. The van der Waals surface area contributed by atoms with Crippen LogP contribution in [0, 0.1) is 0 Å². The molecule has 0 heterocycles. The Labute approximate surface area is 164 Å².